The van der Waals surface area contributed by atoms with Gasteiger partial charge < -0.3 is 64.2 Å². The molecule has 11 atom stereocenters. The summed E-state index contributed by atoms with van der Waals surface area (Å²) in [6.45, 7) is 3.70. The van der Waals surface area contributed by atoms with Crippen LogP contribution < -0.4 is 0 Å². The highest BCUT2D eigenvalue weighted by molar-refractivity contribution is 5.69. The van der Waals surface area contributed by atoms with Crippen LogP contribution in [0.1, 0.15) is 181 Å². The molecule has 2 aliphatic heterocycles. The smallest absolute Gasteiger partial charge is 0.306 e. The van der Waals surface area contributed by atoms with Crippen LogP contribution in [0.2, 0.25) is 0 Å². The van der Waals surface area contributed by atoms with E-state index in [-0.39, 0.29) is 25.6 Å². The number of aliphatic hydroxyl groups is 7. The number of aliphatic hydroxyl groups excluding tert-OH is 7. The second-order valence-corrected chi connectivity index (χ2v) is 16.9. The first-order valence-corrected chi connectivity index (χ1v) is 23.6. The molecule has 0 spiro atoms. The monoisotopic (exact) mass is 851 g/mol. The van der Waals surface area contributed by atoms with Crippen LogP contribution in [0.15, 0.2) is 0 Å². The van der Waals surface area contributed by atoms with Gasteiger partial charge >= 0.3 is 5.97 Å². The molecule has 0 saturated carbocycles. The average Bonchev–Trinajstić information content (AvgIpc) is 3.23. The van der Waals surface area contributed by atoms with E-state index in [1.807, 2.05) is 0 Å². The van der Waals surface area contributed by atoms with Gasteiger partial charge in [-0.3, -0.25) is 4.79 Å². The van der Waals surface area contributed by atoms with Crippen LogP contribution in [-0.2, 0) is 33.2 Å². The number of esters is 1. The topological polar surface area (TPSA) is 214 Å². The molecule has 2 aliphatic rings. The lowest BCUT2D eigenvalue weighted by molar-refractivity contribution is -0.332. The minimum atomic E-state index is -1.70. The normalized spacial score (nSPS) is 27.9. The predicted octanol–water partition coefficient (Wildman–Crippen LogP) is 5.74. The third-order valence-electron chi connectivity index (χ3n) is 11.6. The summed E-state index contributed by atoms with van der Waals surface area (Å²) in [4.78, 5) is 12.9. The number of hydrogen-bond acceptors (Lipinski definition) is 14. The van der Waals surface area contributed by atoms with E-state index in [2.05, 4.69) is 13.8 Å². The van der Waals surface area contributed by atoms with Crippen LogP contribution in [0.5, 0.6) is 0 Å². The lowest BCUT2D eigenvalue weighted by Gasteiger charge is -2.42. The van der Waals surface area contributed by atoms with Gasteiger partial charge in [0.05, 0.1) is 26.4 Å². The molecular weight excluding hydrogens is 764 g/mol. The van der Waals surface area contributed by atoms with Gasteiger partial charge in [0, 0.05) is 13.0 Å². The van der Waals surface area contributed by atoms with Crippen LogP contribution in [0.25, 0.3) is 0 Å². The van der Waals surface area contributed by atoms with Crippen molar-refractivity contribution in [2.24, 2.45) is 0 Å². The Morgan fingerprint density at radius 2 is 0.898 bits per heavy atom. The second-order valence-electron chi connectivity index (χ2n) is 16.9. The molecule has 11 unspecified atom stereocenters. The van der Waals surface area contributed by atoms with Crippen molar-refractivity contribution in [2.75, 3.05) is 33.0 Å². The van der Waals surface area contributed by atoms with E-state index in [0.29, 0.717) is 13.0 Å². The lowest BCUT2D eigenvalue weighted by Crippen LogP contribution is -2.61. The van der Waals surface area contributed by atoms with E-state index < -0.39 is 80.7 Å². The molecule has 2 saturated heterocycles. The third-order valence-corrected chi connectivity index (χ3v) is 11.6. The van der Waals surface area contributed by atoms with Crippen molar-refractivity contribution in [3.8, 4) is 0 Å². The summed E-state index contributed by atoms with van der Waals surface area (Å²) in [7, 11) is 0. The summed E-state index contributed by atoms with van der Waals surface area (Å²) in [5.74, 6) is -0.373. The average molecular weight is 851 g/mol. The first-order chi connectivity index (χ1) is 28.6. The summed E-state index contributed by atoms with van der Waals surface area (Å²) >= 11 is 0. The minimum Gasteiger partial charge on any atom is -0.457 e. The number of carbonyl (C=O) groups is 1. The summed E-state index contributed by atoms with van der Waals surface area (Å²) < 4.78 is 34.2. The Hall–Kier alpha value is -1.01. The second kappa shape index (κ2) is 34.5. The molecule has 59 heavy (non-hydrogen) atoms. The van der Waals surface area contributed by atoms with E-state index in [0.717, 1.165) is 38.5 Å². The fraction of sp³-hybridized carbons (Fsp3) is 0.978. The van der Waals surface area contributed by atoms with Crippen molar-refractivity contribution in [1.82, 2.24) is 0 Å². The van der Waals surface area contributed by atoms with Crippen LogP contribution in [-0.4, -0.2) is 142 Å². The van der Waals surface area contributed by atoms with Crippen molar-refractivity contribution in [2.45, 2.75) is 248 Å². The molecular formula is C45H86O14. The summed E-state index contributed by atoms with van der Waals surface area (Å²) in [6.07, 6.45) is 14.5. The highest BCUT2D eigenvalue weighted by Gasteiger charge is 2.47. The van der Waals surface area contributed by atoms with Crippen LogP contribution >= 0.6 is 0 Å². The van der Waals surface area contributed by atoms with Gasteiger partial charge in [-0.05, 0) is 12.8 Å². The lowest BCUT2D eigenvalue weighted by atomic mass is 9.98. The van der Waals surface area contributed by atoms with E-state index in [1.54, 1.807) is 0 Å². The number of rotatable bonds is 37. The molecule has 0 aliphatic carbocycles. The zero-order chi connectivity index (χ0) is 43.1. The standard InChI is InChI=1S/C45H86O14/c1-3-5-7-9-11-13-15-17-18-20-22-24-26-28-37(47)57-34(31-54-29-27-25-23-21-19-16-14-12-10-8-6-4-2)32-55-44-43(53)41(51)39(49)36(59-44)33-56-45-42(52)40(50)38(48)35(30-46)58-45/h34-36,38-46,48-53H,3-33H2,1-2H3. The summed E-state index contributed by atoms with van der Waals surface area (Å²) in [5, 5.41) is 71.9. The van der Waals surface area contributed by atoms with Gasteiger partial charge in [-0.2, -0.15) is 0 Å². The van der Waals surface area contributed by atoms with E-state index in [1.165, 1.54) is 116 Å². The molecule has 350 valence electrons. The SMILES string of the molecule is CCCCCCCCCCCCCCCC(=O)OC(COCCCCCCCCCCCCCC)COC1OC(COC2OC(CO)C(O)C(O)C2O)C(O)C(O)C1O. The molecule has 2 heterocycles. The molecule has 0 aromatic rings. The van der Waals surface area contributed by atoms with Gasteiger partial charge in [-0.15, -0.1) is 0 Å². The molecule has 14 nitrogen and oxygen atoms in total. The Morgan fingerprint density at radius 1 is 0.492 bits per heavy atom. The minimum absolute atomic E-state index is 0.0695. The molecule has 0 amide bonds. The van der Waals surface area contributed by atoms with Gasteiger partial charge in [0.2, 0.25) is 0 Å². The van der Waals surface area contributed by atoms with Crippen LogP contribution in [0, 0.1) is 0 Å². The first kappa shape index (κ1) is 54.1. The highest BCUT2D eigenvalue weighted by Crippen LogP contribution is 2.26. The number of ether oxygens (including phenoxy) is 6. The largest absolute Gasteiger partial charge is 0.457 e. The Bertz CT molecular complexity index is 990. The Balaban J connectivity index is 1.80. The zero-order valence-corrected chi connectivity index (χ0v) is 36.8. The Kier molecular flexibility index (Phi) is 31.6. The molecule has 0 bridgehead atoms. The van der Waals surface area contributed by atoms with Crippen molar-refractivity contribution in [3.63, 3.8) is 0 Å². The maximum absolute atomic E-state index is 12.9. The molecule has 2 rings (SSSR count). The van der Waals surface area contributed by atoms with Crippen molar-refractivity contribution in [1.29, 1.82) is 0 Å². The van der Waals surface area contributed by atoms with E-state index in [9.17, 15) is 40.5 Å². The third kappa shape index (κ3) is 23.3. The highest BCUT2D eigenvalue weighted by atomic mass is 16.7. The van der Waals surface area contributed by atoms with Gasteiger partial charge in [0.25, 0.3) is 0 Å². The first-order valence-electron chi connectivity index (χ1n) is 23.6. The van der Waals surface area contributed by atoms with Gasteiger partial charge in [-0.25, -0.2) is 0 Å². The predicted molar refractivity (Wildman–Crippen MR) is 224 cm³/mol. The maximum Gasteiger partial charge on any atom is 0.306 e. The number of hydrogen-bond donors (Lipinski definition) is 7. The fourth-order valence-electron chi connectivity index (χ4n) is 7.70. The van der Waals surface area contributed by atoms with E-state index >= 15 is 0 Å². The van der Waals surface area contributed by atoms with E-state index in [4.69, 9.17) is 28.4 Å². The molecule has 0 aromatic heterocycles. The van der Waals surface area contributed by atoms with Gasteiger partial charge in [-0.1, -0.05) is 162 Å². The fourth-order valence-corrected chi connectivity index (χ4v) is 7.70. The Morgan fingerprint density at radius 3 is 1.37 bits per heavy atom. The number of carbonyl (C=O) groups excluding carboxylic acids is 1. The van der Waals surface area contributed by atoms with Crippen LogP contribution in [0.4, 0.5) is 0 Å². The molecule has 7 N–H and O–H groups in total. The molecule has 0 aromatic carbocycles. The van der Waals surface area contributed by atoms with Gasteiger partial charge in [0.15, 0.2) is 12.6 Å². The van der Waals surface area contributed by atoms with Crippen molar-refractivity contribution in [3.05, 3.63) is 0 Å². The van der Waals surface area contributed by atoms with Crippen LogP contribution in [0.3, 0.4) is 0 Å². The maximum atomic E-state index is 12.9. The zero-order valence-electron chi connectivity index (χ0n) is 36.8. The summed E-state index contributed by atoms with van der Waals surface area (Å²) in [5.41, 5.74) is 0. The van der Waals surface area contributed by atoms with Gasteiger partial charge in [0.1, 0.15) is 54.9 Å². The van der Waals surface area contributed by atoms with Crippen molar-refractivity contribution < 1.29 is 69.0 Å². The quantitative estimate of drug-likeness (QED) is 0.0294. The molecule has 2 fully saturated rings. The summed E-state index contributed by atoms with van der Waals surface area (Å²) in [6, 6.07) is 0. The molecule has 14 heteroatoms. The Labute approximate surface area is 355 Å². The molecule has 0 radical (unpaired) electrons. The number of unbranched alkanes of at least 4 members (excludes halogenated alkanes) is 23. The van der Waals surface area contributed by atoms with Crippen molar-refractivity contribution >= 4 is 5.97 Å².